The Morgan fingerprint density at radius 2 is 2.05 bits per heavy atom. The Balaban J connectivity index is 1.77. The van der Waals surface area contributed by atoms with Gasteiger partial charge in [-0.3, -0.25) is 4.90 Å². The lowest BCUT2D eigenvalue weighted by Gasteiger charge is -2.35. The van der Waals surface area contributed by atoms with Crippen molar-refractivity contribution in [3.63, 3.8) is 0 Å². The molecule has 1 fully saturated rings. The van der Waals surface area contributed by atoms with Crippen LogP contribution in [-0.2, 0) is 11.3 Å². The Hall–Kier alpha value is -1.56. The zero-order valence-corrected chi connectivity index (χ0v) is 11.8. The van der Waals surface area contributed by atoms with Crippen molar-refractivity contribution in [2.24, 2.45) is 0 Å². The summed E-state index contributed by atoms with van der Waals surface area (Å²) in [4.78, 5) is 15.9. The summed E-state index contributed by atoms with van der Waals surface area (Å²) >= 11 is 0. The molecule has 1 aliphatic heterocycles. The van der Waals surface area contributed by atoms with Crippen molar-refractivity contribution in [1.29, 1.82) is 0 Å². The molecule has 0 radical (unpaired) electrons. The van der Waals surface area contributed by atoms with Crippen molar-refractivity contribution >= 4 is 6.09 Å². The minimum absolute atomic E-state index is 0.228. The fraction of sp³-hybridized carbons (Fsp3) is 0.692. The van der Waals surface area contributed by atoms with Gasteiger partial charge in [0.1, 0.15) is 11.9 Å². The van der Waals surface area contributed by atoms with E-state index in [1.807, 2.05) is 26.8 Å². The van der Waals surface area contributed by atoms with Crippen molar-refractivity contribution in [1.82, 2.24) is 15.0 Å². The minimum atomic E-state index is -0.436. The van der Waals surface area contributed by atoms with Gasteiger partial charge in [-0.25, -0.2) is 4.79 Å². The molecule has 2 heterocycles. The van der Waals surface area contributed by atoms with Crippen molar-refractivity contribution < 1.29 is 14.1 Å². The number of amides is 1. The lowest BCUT2D eigenvalue weighted by Crippen LogP contribution is -2.49. The molecule has 0 N–H and O–H groups in total. The van der Waals surface area contributed by atoms with Crippen LogP contribution in [0.25, 0.3) is 0 Å². The predicted molar refractivity (Wildman–Crippen MR) is 69.6 cm³/mol. The van der Waals surface area contributed by atoms with Crippen LogP contribution in [0.2, 0.25) is 0 Å². The molecule has 0 unspecified atom stereocenters. The molecule has 0 bridgehead atoms. The molecule has 6 heteroatoms. The molecule has 0 atom stereocenters. The maximum atomic E-state index is 11.9. The zero-order chi connectivity index (χ0) is 13.9. The topological polar surface area (TPSA) is 58.8 Å². The van der Waals surface area contributed by atoms with E-state index >= 15 is 0 Å². The van der Waals surface area contributed by atoms with E-state index in [1.54, 1.807) is 11.2 Å². The van der Waals surface area contributed by atoms with Crippen molar-refractivity contribution in [2.75, 3.05) is 26.2 Å². The number of ether oxygens (including phenoxy) is 1. The first-order valence-corrected chi connectivity index (χ1v) is 6.53. The van der Waals surface area contributed by atoms with Crippen molar-refractivity contribution in [3.05, 3.63) is 18.0 Å². The van der Waals surface area contributed by atoms with Gasteiger partial charge in [-0.2, -0.15) is 0 Å². The second-order valence-corrected chi connectivity index (χ2v) is 5.73. The average Bonchev–Trinajstić information content (AvgIpc) is 2.80. The number of carbonyl (C=O) groups is 1. The number of hydrogen-bond donors (Lipinski definition) is 0. The summed E-state index contributed by atoms with van der Waals surface area (Å²) in [6, 6.07) is 1.86. The highest BCUT2D eigenvalue weighted by atomic mass is 16.6. The van der Waals surface area contributed by atoms with Gasteiger partial charge in [0.15, 0.2) is 0 Å². The first-order valence-electron chi connectivity index (χ1n) is 6.53. The summed E-state index contributed by atoms with van der Waals surface area (Å²) in [6.07, 6.45) is 1.35. The Morgan fingerprint density at radius 1 is 1.37 bits per heavy atom. The predicted octanol–water partition coefficient (Wildman–Crippen LogP) is 1.73. The van der Waals surface area contributed by atoms with Gasteiger partial charge in [-0.1, -0.05) is 5.16 Å². The van der Waals surface area contributed by atoms with E-state index in [-0.39, 0.29) is 6.09 Å². The van der Waals surface area contributed by atoms with Gasteiger partial charge >= 0.3 is 6.09 Å². The van der Waals surface area contributed by atoms with Gasteiger partial charge in [-0.05, 0) is 20.8 Å². The lowest BCUT2D eigenvalue weighted by molar-refractivity contribution is 0.0137. The van der Waals surface area contributed by atoms with Crippen LogP contribution in [0.1, 0.15) is 26.5 Å². The van der Waals surface area contributed by atoms with Gasteiger partial charge in [0.25, 0.3) is 0 Å². The van der Waals surface area contributed by atoms with Gasteiger partial charge in [0, 0.05) is 38.8 Å². The van der Waals surface area contributed by atoms with Crippen LogP contribution in [0.4, 0.5) is 4.79 Å². The van der Waals surface area contributed by atoms with Crippen LogP contribution in [0.5, 0.6) is 0 Å². The number of piperazine rings is 1. The molecule has 0 aromatic carbocycles. The third-order valence-corrected chi connectivity index (χ3v) is 2.90. The first kappa shape index (κ1) is 13.9. The Labute approximate surface area is 113 Å². The van der Waals surface area contributed by atoms with E-state index in [2.05, 4.69) is 10.1 Å². The Kier molecular flexibility index (Phi) is 4.09. The van der Waals surface area contributed by atoms with Crippen LogP contribution in [-0.4, -0.2) is 52.8 Å². The Morgan fingerprint density at radius 3 is 2.58 bits per heavy atom. The van der Waals surface area contributed by atoms with Crippen LogP contribution >= 0.6 is 0 Å². The lowest BCUT2D eigenvalue weighted by atomic mass is 10.2. The molecule has 0 aliphatic carbocycles. The number of carbonyl (C=O) groups excluding carboxylic acids is 1. The number of aromatic nitrogens is 1. The molecular weight excluding hydrogens is 246 g/mol. The van der Waals surface area contributed by atoms with Crippen LogP contribution in [0.15, 0.2) is 16.9 Å². The van der Waals surface area contributed by atoms with Crippen LogP contribution in [0, 0.1) is 0 Å². The molecule has 19 heavy (non-hydrogen) atoms. The smallest absolute Gasteiger partial charge is 0.410 e. The number of hydrogen-bond acceptors (Lipinski definition) is 5. The SMILES string of the molecule is CC(C)(C)OC(=O)N1CCN(Cc2ccon2)CC1. The molecule has 2 rings (SSSR count). The van der Waals surface area contributed by atoms with Crippen molar-refractivity contribution in [2.45, 2.75) is 32.9 Å². The molecule has 1 aromatic rings. The summed E-state index contributed by atoms with van der Waals surface area (Å²) < 4.78 is 10.2. The summed E-state index contributed by atoms with van der Waals surface area (Å²) in [7, 11) is 0. The molecule has 6 nitrogen and oxygen atoms in total. The first-order chi connectivity index (χ1) is 8.94. The van der Waals surface area contributed by atoms with E-state index in [0.717, 1.165) is 25.3 Å². The quantitative estimate of drug-likeness (QED) is 0.816. The standard InChI is InChI=1S/C13H21N3O3/c1-13(2,3)19-12(17)16-7-5-15(6-8-16)10-11-4-9-18-14-11/h4,9H,5-8,10H2,1-3H3. The van der Waals surface area contributed by atoms with Crippen LogP contribution in [0.3, 0.4) is 0 Å². The highest BCUT2D eigenvalue weighted by Gasteiger charge is 2.25. The van der Waals surface area contributed by atoms with E-state index in [9.17, 15) is 4.79 Å². The van der Waals surface area contributed by atoms with Gasteiger partial charge in [0.05, 0.1) is 5.69 Å². The van der Waals surface area contributed by atoms with Gasteiger partial charge < -0.3 is 14.2 Å². The highest BCUT2D eigenvalue weighted by Crippen LogP contribution is 2.12. The maximum absolute atomic E-state index is 11.9. The maximum Gasteiger partial charge on any atom is 0.410 e. The molecule has 1 aromatic heterocycles. The second-order valence-electron chi connectivity index (χ2n) is 5.73. The second kappa shape index (κ2) is 5.61. The summed E-state index contributed by atoms with van der Waals surface area (Å²) in [5.74, 6) is 0. The molecule has 1 amide bonds. The van der Waals surface area contributed by atoms with E-state index in [1.165, 1.54) is 0 Å². The summed E-state index contributed by atoms with van der Waals surface area (Å²) in [5, 5.41) is 3.89. The van der Waals surface area contributed by atoms with Gasteiger partial charge in [-0.15, -0.1) is 0 Å². The number of nitrogens with zero attached hydrogens (tertiary/aromatic N) is 3. The Bertz CT molecular complexity index is 403. The zero-order valence-electron chi connectivity index (χ0n) is 11.8. The molecular formula is C13H21N3O3. The molecule has 1 aliphatic rings. The van der Waals surface area contributed by atoms with Crippen molar-refractivity contribution in [3.8, 4) is 0 Å². The van der Waals surface area contributed by atoms with Gasteiger partial charge in [0.2, 0.25) is 0 Å². The third kappa shape index (κ3) is 4.24. The highest BCUT2D eigenvalue weighted by molar-refractivity contribution is 5.68. The molecule has 106 valence electrons. The third-order valence-electron chi connectivity index (χ3n) is 2.90. The van der Waals surface area contributed by atoms with E-state index in [0.29, 0.717) is 13.1 Å². The number of rotatable bonds is 2. The summed E-state index contributed by atoms with van der Waals surface area (Å²) in [5.41, 5.74) is 0.486. The minimum Gasteiger partial charge on any atom is -0.444 e. The fourth-order valence-corrected chi connectivity index (χ4v) is 1.96. The molecule has 0 saturated carbocycles. The summed E-state index contributed by atoms with van der Waals surface area (Å²) in [6.45, 7) is 9.43. The van der Waals surface area contributed by atoms with Crippen LogP contribution < -0.4 is 0 Å². The monoisotopic (exact) mass is 267 g/mol. The normalized spacial score (nSPS) is 17.5. The van der Waals surface area contributed by atoms with E-state index in [4.69, 9.17) is 9.26 Å². The largest absolute Gasteiger partial charge is 0.444 e. The fourth-order valence-electron chi connectivity index (χ4n) is 1.96. The molecule has 1 saturated heterocycles. The van der Waals surface area contributed by atoms with E-state index < -0.39 is 5.60 Å². The average molecular weight is 267 g/mol. The molecule has 0 spiro atoms.